The van der Waals surface area contributed by atoms with Crippen molar-refractivity contribution in [3.63, 3.8) is 0 Å². The second-order valence-electron chi connectivity index (χ2n) is 6.59. The van der Waals surface area contributed by atoms with Gasteiger partial charge in [-0.05, 0) is 43.7 Å². The molecule has 0 bridgehead atoms. The normalized spacial score (nSPS) is 12.3. The second-order valence-corrected chi connectivity index (χ2v) is 6.59. The van der Waals surface area contributed by atoms with Crippen molar-refractivity contribution in [2.45, 2.75) is 71.4 Å². The van der Waals surface area contributed by atoms with Crippen LogP contribution in [0.1, 0.15) is 63.0 Å². The largest absolute Gasteiger partial charge is 0.248 e. The zero-order valence-electron chi connectivity index (χ0n) is 15.0. The number of unbranched alkanes of at least 4 members (excludes halogenated alkanes) is 4. The van der Waals surface area contributed by atoms with E-state index in [1.54, 1.807) is 0 Å². The predicted octanol–water partition coefficient (Wildman–Crippen LogP) is 6.08. The SMILES string of the molecule is CCC(F)CCCCCCCc1ccc(-c2ncc(C)cn2)cc1. The van der Waals surface area contributed by atoms with Gasteiger partial charge in [0.05, 0.1) is 6.17 Å². The fourth-order valence-corrected chi connectivity index (χ4v) is 2.79. The van der Waals surface area contributed by atoms with Crippen LogP contribution in [0.2, 0.25) is 0 Å². The van der Waals surface area contributed by atoms with Gasteiger partial charge in [0.25, 0.3) is 0 Å². The minimum atomic E-state index is -0.596. The molecule has 24 heavy (non-hydrogen) atoms. The van der Waals surface area contributed by atoms with E-state index in [2.05, 4.69) is 34.2 Å². The number of aryl methyl sites for hydroxylation is 2. The zero-order chi connectivity index (χ0) is 17.2. The number of benzene rings is 1. The highest BCUT2D eigenvalue weighted by Crippen LogP contribution is 2.17. The Morgan fingerprint density at radius 2 is 1.54 bits per heavy atom. The minimum Gasteiger partial charge on any atom is -0.248 e. The number of alkyl halides is 1. The molecule has 1 heterocycles. The summed E-state index contributed by atoms with van der Waals surface area (Å²) in [5, 5.41) is 0. The van der Waals surface area contributed by atoms with Crippen LogP contribution < -0.4 is 0 Å². The summed E-state index contributed by atoms with van der Waals surface area (Å²) in [5.41, 5.74) is 3.50. The molecule has 3 heteroatoms. The molecule has 0 aliphatic carbocycles. The van der Waals surface area contributed by atoms with Gasteiger partial charge in [0.15, 0.2) is 5.82 Å². The van der Waals surface area contributed by atoms with Gasteiger partial charge in [-0.25, -0.2) is 14.4 Å². The molecule has 130 valence electrons. The van der Waals surface area contributed by atoms with Crippen molar-refractivity contribution < 1.29 is 4.39 Å². The van der Waals surface area contributed by atoms with Crippen molar-refractivity contribution in [2.24, 2.45) is 0 Å². The third-order valence-electron chi connectivity index (χ3n) is 4.42. The molecule has 0 radical (unpaired) electrons. The van der Waals surface area contributed by atoms with Crippen LogP contribution in [-0.2, 0) is 6.42 Å². The number of halogens is 1. The van der Waals surface area contributed by atoms with Crippen LogP contribution in [0, 0.1) is 6.92 Å². The summed E-state index contributed by atoms with van der Waals surface area (Å²) < 4.78 is 13.1. The van der Waals surface area contributed by atoms with E-state index in [9.17, 15) is 4.39 Å². The van der Waals surface area contributed by atoms with E-state index in [0.717, 1.165) is 42.6 Å². The van der Waals surface area contributed by atoms with Gasteiger partial charge in [-0.3, -0.25) is 0 Å². The quantitative estimate of drug-likeness (QED) is 0.494. The van der Waals surface area contributed by atoms with Crippen LogP contribution in [0.15, 0.2) is 36.7 Å². The van der Waals surface area contributed by atoms with E-state index in [1.165, 1.54) is 24.8 Å². The lowest BCUT2D eigenvalue weighted by Crippen LogP contribution is -1.96. The van der Waals surface area contributed by atoms with E-state index in [1.807, 2.05) is 26.2 Å². The third-order valence-corrected chi connectivity index (χ3v) is 4.42. The van der Waals surface area contributed by atoms with Crippen LogP contribution in [0.4, 0.5) is 4.39 Å². The van der Waals surface area contributed by atoms with Crippen LogP contribution in [0.5, 0.6) is 0 Å². The molecule has 0 saturated heterocycles. The average molecular weight is 328 g/mol. The van der Waals surface area contributed by atoms with Crippen molar-refractivity contribution >= 4 is 0 Å². The molecule has 0 aliphatic heterocycles. The van der Waals surface area contributed by atoms with E-state index in [0.29, 0.717) is 6.42 Å². The van der Waals surface area contributed by atoms with Gasteiger partial charge < -0.3 is 0 Å². The first kappa shape index (κ1) is 18.6. The number of hydrogen-bond donors (Lipinski definition) is 0. The molecule has 1 unspecified atom stereocenters. The average Bonchev–Trinajstić information content (AvgIpc) is 2.62. The smallest absolute Gasteiger partial charge is 0.159 e. The van der Waals surface area contributed by atoms with Gasteiger partial charge in [0.1, 0.15) is 0 Å². The Morgan fingerprint density at radius 1 is 0.917 bits per heavy atom. The molecule has 2 nitrogen and oxygen atoms in total. The third kappa shape index (κ3) is 6.38. The van der Waals surface area contributed by atoms with Gasteiger partial charge in [-0.15, -0.1) is 0 Å². The van der Waals surface area contributed by atoms with Gasteiger partial charge in [-0.1, -0.05) is 56.9 Å². The molecule has 1 aromatic carbocycles. The topological polar surface area (TPSA) is 25.8 Å². The molecule has 0 N–H and O–H groups in total. The first-order valence-electron chi connectivity index (χ1n) is 9.21. The molecule has 0 amide bonds. The van der Waals surface area contributed by atoms with Crippen molar-refractivity contribution in [1.82, 2.24) is 9.97 Å². The second kappa shape index (κ2) is 10.2. The highest BCUT2D eigenvalue weighted by atomic mass is 19.1. The number of nitrogens with zero attached hydrogens (tertiary/aromatic N) is 2. The zero-order valence-corrected chi connectivity index (χ0v) is 15.0. The van der Waals surface area contributed by atoms with Gasteiger partial charge >= 0.3 is 0 Å². The van der Waals surface area contributed by atoms with Crippen molar-refractivity contribution in [3.8, 4) is 11.4 Å². The van der Waals surface area contributed by atoms with Crippen molar-refractivity contribution in [1.29, 1.82) is 0 Å². The predicted molar refractivity (Wildman–Crippen MR) is 98.8 cm³/mol. The Kier molecular flexibility index (Phi) is 7.87. The van der Waals surface area contributed by atoms with Crippen molar-refractivity contribution in [2.75, 3.05) is 0 Å². The summed E-state index contributed by atoms with van der Waals surface area (Å²) in [6, 6.07) is 8.55. The van der Waals surface area contributed by atoms with Crippen LogP contribution in [-0.4, -0.2) is 16.1 Å². The maximum atomic E-state index is 13.1. The lowest BCUT2D eigenvalue weighted by molar-refractivity contribution is 0.296. The summed E-state index contributed by atoms with van der Waals surface area (Å²) in [6.45, 7) is 3.91. The van der Waals surface area contributed by atoms with Crippen molar-refractivity contribution in [3.05, 3.63) is 47.8 Å². The lowest BCUT2D eigenvalue weighted by atomic mass is 10.0. The Bertz CT molecular complexity index is 578. The maximum absolute atomic E-state index is 13.1. The monoisotopic (exact) mass is 328 g/mol. The molecule has 0 fully saturated rings. The number of aromatic nitrogens is 2. The van der Waals surface area contributed by atoms with E-state index in [4.69, 9.17) is 0 Å². The summed E-state index contributed by atoms with van der Waals surface area (Å²) in [6.07, 6.45) is 11.4. The van der Waals surface area contributed by atoms with E-state index < -0.39 is 6.17 Å². The number of rotatable bonds is 10. The van der Waals surface area contributed by atoms with Gasteiger partial charge in [0.2, 0.25) is 0 Å². The maximum Gasteiger partial charge on any atom is 0.159 e. The van der Waals surface area contributed by atoms with Crippen LogP contribution in [0.3, 0.4) is 0 Å². The van der Waals surface area contributed by atoms with E-state index in [-0.39, 0.29) is 0 Å². The van der Waals surface area contributed by atoms with Gasteiger partial charge in [0, 0.05) is 18.0 Å². The first-order valence-corrected chi connectivity index (χ1v) is 9.21. The molecule has 0 spiro atoms. The molecule has 0 saturated carbocycles. The minimum absolute atomic E-state index is 0.596. The summed E-state index contributed by atoms with van der Waals surface area (Å²) in [5.74, 6) is 0.783. The Morgan fingerprint density at radius 3 is 2.21 bits per heavy atom. The molecular formula is C21H29FN2. The summed E-state index contributed by atoms with van der Waals surface area (Å²) in [4.78, 5) is 8.73. The standard InChI is InChI=1S/C21H29FN2/c1-3-20(22)10-8-6-4-5-7-9-18-11-13-19(14-12-18)21-23-15-17(2)16-24-21/h11-16,20H,3-10H2,1-2H3. The highest BCUT2D eigenvalue weighted by Gasteiger charge is 2.03. The fraction of sp³-hybridized carbons (Fsp3) is 0.524. The molecule has 1 aromatic heterocycles. The molecule has 1 atom stereocenters. The first-order chi connectivity index (χ1) is 11.7. The van der Waals surface area contributed by atoms with Crippen LogP contribution >= 0.6 is 0 Å². The van der Waals surface area contributed by atoms with Crippen LogP contribution in [0.25, 0.3) is 11.4 Å². The molecule has 0 aliphatic rings. The summed E-state index contributed by atoms with van der Waals surface area (Å²) >= 11 is 0. The highest BCUT2D eigenvalue weighted by molar-refractivity contribution is 5.55. The van der Waals surface area contributed by atoms with E-state index >= 15 is 0 Å². The molecule has 2 rings (SSSR count). The fourth-order valence-electron chi connectivity index (χ4n) is 2.79. The Hall–Kier alpha value is -1.77. The molecular weight excluding hydrogens is 299 g/mol. The Labute approximate surface area is 145 Å². The number of hydrogen-bond acceptors (Lipinski definition) is 2. The summed E-state index contributed by atoms with van der Waals surface area (Å²) in [7, 11) is 0. The molecule has 2 aromatic rings. The Balaban J connectivity index is 1.66. The lowest BCUT2D eigenvalue weighted by Gasteiger charge is -2.06. The van der Waals surface area contributed by atoms with Gasteiger partial charge in [-0.2, -0.15) is 0 Å².